The molecule has 3 heterocycles. The van der Waals surface area contributed by atoms with Crippen LogP contribution in [0.25, 0.3) is 28.0 Å². The smallest absolute Gasteiger partial charge is 0.374 e. The maximum atomic E-state index is 12.8. The second-order valence-electron chi connectivity index (χ2n) is 16.5. The van der Waals surface area contributed by atoms with E-state index in [1.54, 1.807) is 6.92 Å². The van der Waals surface area contributed by atoms with E-state index < -0.39 is 28.1 Å². The molecule has 14 heteroatoms. The fourth-order valence-corrected chi connectivity index (χ4v) is 8.73. The Kier molecular flexibility index (Phi) is 14.6. The van der Waals surface area contributed by atoms with Crippen LogP contribution in [-0.2, 0) is 28.5 Å². The molecular formula is C41H56BrN5O6Si2. The number of pyridine rings is 1. The molecule has 0 aliphatic heterocycles. The minimum Gasteiger partial charge on any atom is -0.460 e. The molecule has 0 saturated heterocycles. The second kappa shape index (κ2) is 19.0. The summed E-state index contributed by atoms with van der Waals surface area (Å²) in [7, 11) is -2.63. The van der Waals surface area contributed by atoms with E-state index in [0.717, 1.165) is 56.0 Å². The third kappa shape index (κ3) is 11.7. The zero-order valence-electron chi connectivity index (χ0n) is 33.6. The van der Waals surface area contributed by atoms with Gasteiger partial charge in [-0.3, -0.25) is 9.78 Å². The molecule has 296 valence electrons. The molecule has 0 unspecified atom stereocenters. The summed E-state index contributed by atoms with van der Waals surface area (Å²) in [5.74, 6) is -0.307. The van der Waals surface area contributed by atoms with E-state index in [1.807, 2.05) is 53.3 Å². The maximum Gasteiger partial charge on any atom is 0.374 e. The first-order chi connectivity index (χ1) is 26.1. The van der Waals surface area contributed by atoms with Gasteiger partial charge in [-0.15, -0.1) is 0 Å². The maximum absolute atomic E-state index is 12.8. The van der Waals surface area contributed by atoms with Crippen LogP contribution in [-0.4, -0.2) is 81.0 Å². The largest absolute Gasteiger partial charge is 0.460 e. The quantitative estimate of drug-likeness (QED) is 0.0254. The fourth-order valence-electron chi connectivity index (χ4n) is 6.39. The number of carbonyl (C=O) groups excluding carboxylic acids is 2. The van der Waals surface area contributed by atoms with Crippen LogP contribution in [0.5, 0.6) is 0 Å². The molecule has 0 amide bonds. The van der Waals surface area contributed by atoms with Crippen molar-refractivity contribution < 1.29 is 28.5 Å². The normalized spacial score (nSPS) is 14.9. The van der Waals surface area contributed by atoms with Crippen molar-refractivity contribution in [3.63, 3.8) is 0 Å². The highest BCUT2D eigenvalue weighted by Crippen LogP contribution is 2.43. The van der Waals surface area contributed by atoms with Gasteiger partial charge in [0.2, 0.25) is 5.76 Å². The van der Waals surface area contributed by atoms with E-state index in [-0.39, 0.29) is 18.3 Å². The van der Waals surface area contributed by atoms with Crippen molar-refractivity contribution in [3.8, 4) is 22.4 Å². The molecule has 1 saturated carbocycles. The van der Waals surface area contributed by atoms with Gasteiger partial charge in [-0.05, 0) is 72.3 Å². The Morgan fingerprint density at radius 2 is 1.53 bits per heavy atom. The Bertz CT molecular complexity index is 1930. The van der Waals surface area contributed by atoms with Gasteiger partial charge in [0.1, 0.15) is 13.5 Å². The number of anilines is 1. The lowest BCUT2D eigenvalue weighted by Gasteiger charge is -2.30. The summed E-state index contributed by atoms with van der Waals surface area (Å²) < 4.78 is 26.1. The fraction of sp³-hybridized carbons (Fsp3) is 0.488. The number of esters is 2. The van der Waals surface area contributed by atoms with Gasteiger partial charge in [0, 0.05) is 65.1 Å². The van der Waals surface area contributed by atoms with E-state index in [0.29, 0.717) is 58.0 Å². The highest BCUT2D eigenvalue weighted by Gasteiger charge is 2.31. The van der Waals surface area contributed by atoms with Crippen molar-refractivity contribution in [3.05, 3.63) is 76.4 Å². The van der Waals surface area contributed by atoms with Gasteiger partial charge in [-0.2, -0.15) is 9.61 Å². The molecule has 0 atom stereocenters. The Balaban J connectivity index is 1.57. The summed E-state index contributed by atoms with van der Waals surface area (Å²) in [5.41, 5.74) is 6.06. The van der Waals surface area contributed by atoms with Gasteiger partial charge < -0.3 is 23.8 Å². The average molecular weight is 851 g/mol. The Morgan fingerprint density at radius 1 is 0.891 bits per heavy atom. The number of hydrogen-bond acceptors (Lipinski definition) is 10. The number of nitrogens with zero attached hydrogens (tertiary/aromatic N) is 5. The predicted molar refractivity (Wildman–Crippen MR) is 226 cm³/mol. The van der Waals surface area contributed by atoms with Crippen LogP contribution >= 0.6 is 15.9 Å². The number of benzene rings is 1. The topological polar surface area (TPSA) is 117 Å². The van der Waals surface area contributed by atoms with Crippen LogP contribution < -0.4 is 4.90 Å². The van der Waals surface area contributed by atoms with Gasteiger partial charge in [0.05, 0.1) is 28.7 Å². The molecular weight excluding hydrogens is 795 g/mol. The number of fused-ring (bicyclic) bond motifs is 1. The molecule has 1 aromatic carbocycles. The van der Waals surface area contributed by atoms with Gasteiger partial charge in [0.15, 0.2) is 11.5 Å². The third-order valence-electron chi connectivity index (χ3n) is 9.53. The van der Waals surface area contributed by atoms with Crippen molar-refractivity contribution in [1.29, 1.82) is 0 Å². The molecule has 11 nitrogen and oxygen atoms in total. The second-order valence-corrected chi connectivity index (χ2v) is 28.5. The third-order valence-corrected chi connectivity index (χ3v) is 13.7. The summed E-state index contributed by atoms with van der Waals surface area (Å²) in [6, 6.07) is 16.3. The number of halogens is 1. The zero-order chi connectivity index (χ0) is 39.8. The van der Waals surface area contributed by atoms with E-state index >= 15 is 0 Å². The zero-order valence-corrected chi connectivity index (χ0v) is 37.2. The monoisotopic (exact) mass is 849 g/mol. The van der Waals surface area contributed by atoms with Gasteiger partial charge in [-0.1, -0.05) is 75.7 Å². The minimum atomic E-state index is -1.32. The van der Waals surface area contributed by atoms with Crippen LogP contribution in [0.1, 0.15) is 51.1 Å². The number of ether oxygens (including phenoxy) is 4. The Hall–Kier alpha value is -3.70. The highest BCUT2D eigenvalue weighted by atomic mass is 79.9. The van der Waals surface area contributed by atoms with Gasteiger partial charge >= 0.3 is 11.9 Å². The molecule has 4 aromatic rings. The number of allylic oxidation sites excluding steroid dienone is 1. The molecule has 0 bridgehead atoms. The SMILES string of the molecule is CCOC(=O)C(OC(C)=O)=C1CCC(c2nc3c(-c4ccc(-c5ccccc5)nc4)cnn3c(N(COCC[Si](C)(C)C)COCC[Si](C)(C)C)c2Br)CC1. The average Bonchev–Trinajstić information content (AvgIpc) is 3.56. The molecule has 1 fully saturated rings. The summed E-state index contributed by atoms with van der Waals surface area (Å²) >= 11 is 4.01. The standard InChI is InChI=1S/C41H56BrN5O6Si2/c1-9-52-41(49)38(53-29(2)48)32-17-15-31(16-18-32)37-36(42)40(46(27-50-21-23-54(3,4)5)28-51-22-24-55(6,7)8)47-39(45-37)34(26-44-47)33-19-20-35(43-25-33)30-13-11-10-12-14-30/h10-14,19-20,25-26,31H,9,15-18,21-24,27-28H2,1-8H3. The summed E-state index contributed by atoms with van der Waals surface area (Å²) in [6.45, 7) is 19.3. The first-order valence-corrected chi connectivity index (χ1v) is 27.4. The Labute approximate surface area is 336 Å². The molecule has 1 aliphatic carbocycles. The van der Waals surface area contributed by atoms with Crippen molar-refractivity contribution in [1.82, 2.24) is 19.6 Å². The minimum absolute atomic E-state index is 0.0117. The van der Waals surface area contributed by atoms with Crippen LogP contribution in [0.4, 0.5) is 5.82 Å². The summed E-state index contributed by atoms with van der Waals surface area (Å²) in [6.07, 6.45) is 6.22. The van der Waals surface area contributed by atoms with Crippen molar-refractivity contribution in [2.24, 2.45) is 0 Å². The molecule has 0 spiro atoms. The molecule has 1 aliphatic rings. The molecule has 55 heavy (non-hydrogen) atoms. The Morgan fingerprint density at radius 3 is 2.07 bits per heavy atom. The van der Waals surface area contributed by atoms with Crippen molar-refractivity contribution in [2.45, 2.75) is 96.8 Å². The van der Waals surface area contributed by atoms with E-state index in [2.05, 4.69) is 66.2 Å². The van der Waals surface area contributed by atoms with Crippen molar-refractivity contribution >= 4 is 55.5 Å². The lowest BCUT2D eigenvalue weighted by Crippen LogP contribution is -2.34. The summed E-state index contributed by atoms with van der Waals surface area (Å²) in [5, 5.41) is 4.93. The van der Waals surface area contributed by atoms with Crippen LogP contribution in [0.3, 0.4) is 0 Å². The van der Waals surface area contributed by atoms with Crippen LogP contribution in [0.2, 0.25) is 51.4 Å². The van der Waals surface area contributed by atoms with Gasteiger partial charge in [0.25, 0.3) is 0 Å². The van der Waals surface area contributed by atoms with Crippen LogP contribution in [0, 0.1) is 0 Å². The summed E-state index contributed by atoms with van der Waals surface area (Å²) in [4.78, 5) is 37.0. The molecule has 0 radical (unpaired) electrons. The lowest BCUT2D eigenvalue weighted by atomic mass is 9.83. The van der Waals surface area contributed by atoms with Gasteiger partial charge in [-0.25, -0.2) is 9.78 Å². The molecule has 3 aromatic heterocycles. The predicted octanol–water partition coefficient (Wildman–Crippen LogP) is 9.69. The first-order valence-electron chi connectivity index (χ1n) is 19.2. The van der Waals surface area contributed by atoms with Crippen LogP contribution in [0.15, 0.2) is 70.7 Å². The molecule has 5 rings (SSSR count). The number of rotatable bonds is 17. The van der Waals surface area contributed by atoms with E-state index in [4.69, 9.17) is 34.0 Å². The number of carbonyl (C=O) groups is 2. The van der Waals surface area contributed by atoms with E-state index in [9.17, 15) is 9.59 Å². The molecule has 0 N–H and O–H groups in total. The lowest BCUT2D eigenvalue weighted by molar-refractivity contribution is -0.150. The van der Waals surface area contributed by atoms with E-state index in [1.165, 1.54) is 6.92 Å². The first kappa shape index (κ1) is 42.4. The van der Waals surface area contributed by atoms with Crippen molar-refractivity contribution in [2.75, 3.05) is 38.2 Å². The number of aromatic nitrogens is 4. The highest BCUT2D eigenvalue weighted by molar-refractivity contribution is 9.10. The number of hydrogen-bond donors (Lipinski definition) is 0.